The van der Waals surface area contributed by atoms with Crippen LogP contribution in [0.2, 0.25) is 0 Å². The summed E-state index contributed by atoms with van der Waals surface area (Å²) in [6.07, 6.45) is 5.75. The second-order valence-corrected chi connectivity index (χ2v) is 30.7. The number of aryl methyl sites for hydroxylation is 7. The zero-order valence-electron chi connectivity index (χ0n) is 79.7. The fourth-order valence-electron chi connectivity index (χ4n) is 11.7. The highest BCUT2D eigenvalue weighted by Gasteiger charge is 2.18. The van der Waals surface area contributed by atoms with Crippen molar-refractivity contribution in [3.05, 3.63) is 165 Å². The van der Waals surface area contributed by atoms with Gasteiger partial charge in [-0.15, -0.1) is 0 Å². The van der Waals surface area contributed by atoms with Gasteiger partial charge in [0.15, 0.2) is 0 Å². The minimum absolute atomic E-state index is 0.105. The first-order chi connectivity index (χ1) is 63.4. The Labute approximate surface area is 773 Å². The van der Waals surface area contributed by atoms with Crippen LogP contribution in [0, 0.1) is 48.5 Å². The highest BCUT2D eigenvalue weighted by atomic mass is 16.3. The zero-order chi connectivity index (χ0) is 96.8. The third-order valence-electron chi connectivity index (χ3n) is 18.6. The van der Waals surface area contributed by atoms with E-state index in [1.165, 1.54) is 34.2 Å². The van der Waals surface area contributed by atoms with E-state index in [1.54, 1.807) is 28.2 Å². The number of aromatic amines is 3. The molecule has 49 nitrogen and oxygen atoms in total. The molecule has 0 spiro atoms. The molecule has 14 aromatic heterocycles. The van der Waals surface area contributed by atoms with Crippen molar-refractivity contribution in [3.63, 3.8) is 0 Å². The van der Waals surface area contributed by atoms with Crippen LogP contribution in [0.25, 0.3) is 0 Å². The first-order valence-corrected chi connectivity index (χ1v) is 42.5. The molecular formula is C84H129N45O4. The van der Waals surface area contributed by atoms with E-state index in [0.717, 1.165) is 117 Å². The second-order valence-electron chi connectivity index (χ2n) is 30.7. The molecule has 0 radical (unpaired) electrons. The maximum atomic E-state index is 5.72. The molecule has 14 heterocycles. The Bertz CT molecular complexity index is 5720. The van der Waals surface area contributed by atoms with Crippen molar-refractivity contribution in [1.29, 1.82) is 0 Å². The molecule has 0 aliphatic heterocycles. The lowest BCUT2D eigenvalue weighted by Gasteiger charge is -2.21. The van der Waals surface area contributed by atoms with E-state index in [1.807, 2.05) is 190 Å². The number of H-pyrrole nitrogens is 3. The minimum atomic E-state index is 0.105. The van der Waals surface area contributed by atoms with Gasteiger partial charge in [-0.3, -0.25) is 0 Å². The van der Waals surface area contributed by atoms with Crippen LogP contribution in [0.5, 0.6) is 0 Å². The van der Waals surface area contributed by atoms with Crippen molar-refractivity contribution in [1.82, 2.24) is 120 Å². The van der Waals surface area contributed by atoms with Crippen LogP contribution in [-0.2, 0) is 44.9 Å². The van der Waals surface area contributed by atoms with Crippen molar-refractivity contribution in [2.75, 3.05) is 256 Å². The molecule has 0 aromatic carbocycles. The smallest absolute Gasteiger partial charge is 0.231 e. The van der Waals surface area contributed by atoms with Crippen molar-refractivity contribution >= 4 is 125 Å². The molecule has 14 rings (SSSR count). The quantitative estimate of drug-likeness (QED) is 0.0195. The molecule has 0 unspecified atom stereocenters. The van der Waals surface area contributed by atoms with Crippen molar-refractivity contribution in [2.45, 2.75) is 93.4 Å². The van der Waals surface area contributed by atoms with Gasteiger partial charge in [0.2, 0.25) is 125 Å². The topological polar surface area (TPSA) is 660 Å². The fraction of sp³-hybridized carbons (Fsp3) is 0.417. The molecule has 0 saturated carbocycles. The number of hydrogen-bond donors (Lipinski definition) is 17. The summed E-state index contributed by atoms with van der Waals surface area (Å²) in [5, 5.41) is 20.7. The number of rotatable bonds is 35. The van der Waals surface area contributed by atoms with Crippen molar-refractivity contribution < 1.29 is 17.7 Å². The normalized spacial score (nSPS) is 10.5. The van der Waals surface area contributed by atoms with E-state index < -0.39 is 0 Å². The van der Waals surface area contributed by atoms with Gasteiger partial charge in [-0.25, -0.2) is 0 Å². The van der Waals surface area contributed by atoms with E-state index in [9.17, 15) is 0 Å². The number of nitrogen functional groups attached to an aromatic ring is 7. The highest BCUT2D eigenvalue weighted by molar-refractivity contribution is 5.48. The SMILES string of the molecule is CNc1nc(N)nc(N(C)CCc2ccc(C)o2)n1.CNc1nc(N)nc(NCCc2ccc(C)o2)n1.CNc1nc(NC)nc(NCCc2ccc(C)[nH]2)n1.Cc1ccc(CCN(C)c2nc(N(C)C)nc(N(C)C)n2)[nH]1.Cc1ccc(CCN(C)c2nc(N)nc(N(C)C)n2)[nH]1.Cc1ccc(CCN(C)c2nc(N)nc(N)n2)o1.Cc1ccc(CCNc2nc(N)nc(N)n2)o1. The van der Waals surface area contributed by atoms with Crippen LogP contribution in [0.15, 0.2) is 103 Å². The molecule has 0 fully saturated rings. The van der Waals surface area contributed by atoms with E-state index in [-0.39, 0.29) is 41.6 Å². The molecule has 0 amide bonds. The molecule has 24 N–H and O–H groups in total. The summed E-state index contributed by atoms with van der Waals surface area (Å²) in [6.45, 7) is 19.0. The van der Waals surface area contributed by atoms with Gasteiger partial charge in [-0.2, -0.15) is 105 Å². The maximum Gasteiger partial charge on any atom is 0.231 e. The molecular weight excluding hydrogens is 1700 g/mol. The third kappa shape index (κ3) is 35.8. The van der Waals surface area contributed by atoms with Crippen molar-refractivity contribution in [2.24, 2.45) is 0 Å². The van der Waals surface area contributed by atoms with Gasteiger partial charge < -0.3 is 144 Å². The lowest BCUT2D eigenvalue weighted by atomic mass is 10.3. The van der Waals surface area contributed by atoms with Crippen LogP contribution in [0.4, 0.5) is 125 Å². The summed E-state index contributed by atoms with van der Waals surface area (Å²) in [5.41, 5.74) is 46.0. The summed E-state index contributed by atoms with van der Waals surface area (Å²) >= 11 is 0. The molecule has 0 bridgehead atoms. The average molecular weight is 1830 g/mol. The Kier molecular flexibility index (Phi) is 39.3. The van der Waals surface area contributed by atoms with Crippen molar-refractivity contribution in [3.8, 4) is 0 Å². The lowest BCUT2D eigenvalue weighted by Crippen LogP contribution is -2.26. The van der Waals surface area contributed by atoms with Crippen LogP contribution < -0.4 is 112 Å². The highest BCUT2D eigenvalue weighted by Crippen LogP contribution is 2.21. The predicted octanol–water partition coefficient (Wildman–Crippen LogP) is 6.74. The van der Waals surface area contributed by atoms with E-state index >= 15 is 0 Å². The average Bonchev–Trinajstić information content (AvgIpc) is 1.57. The van der Waals surface area contributed by atoms with Gasteiger partial charge in [-0.05, 0) is 133 Å². The Morgan fingerprint density at radius 2 is 0.474 bits per heavy atom. The maximum absolute atomic E-state index is 5.72. The van der Waals surface area contributed by atoms with Crippen LogP contribution in [-0.4, -0.2) is 264 Å². The molecule has 714 valence electrons. The lowest BCUT2D eigenvalue weighted by molar-refractivity contribution is 0.482. The van der Waals surface area contributed by atoms with Crippen LogP contribution in [0.1, 0.15) is 80.2 Å². The second kappa shape index (κ2) is 51.1. The number of aromatic nitrogens is 24. The largest absolute Gasteiger partial charge is 0.466 e. The standard InChI is InChI=1S/C15H25N7.C13H21N7.C12H19N7.C12H18N6O.2C11H16N6O.C10H14N6O/c1-11-7-8-12(16-11)9-10-22(6)15-18-13(20(2)3)17-14(19-15)21(4)5;1-9-5-6-10(15-9)7-8-20(4)13-17-11(14)16-12(18-13)19(2)3;1-8-4-5-9(16-8)6-7-15-12-18-10(13-2)17-11(14-3)19-12;1-8-4-5-9(19-8)6-7-18(3)12-16-10(13)15-11(14-2)17-12;1-7-3-4-8(18-7)5-6-17(2)11-15-9(12)14-10(13)16-11;1-7-3-4-8(18-7)5-6-14-11-16-9(12)15-10(13-2)17-11;1-6-2-3-7(17-6)4-5-13-10-15-8(11)14-9(12)16-10/h7-8,16H,9-10H2,1-6H3;5-6,15H,7-8H2,1-4H3,(H2,14,16,17,18);4-5,16H,6-7H2,1-3H3,(H3,13,14,15,17,18,19);4-5H,6-7H2,1-3H3,(H3,13,14,15,16,17);3-4H,5-6H2,1-2H3,(H4,12,13,14,15,16);3-4H,5-6H2,1-2H3,(H4,12,13,14,15,16,17);2-3H,4-5H2,1H3,(H5,11,12,13,14,15,16). The van der Waals surface area contributed by atoms with Gasteiger partial charge in [0.25, 0.3) is 0 Å². The first-order valence-electron chi connectivity index (χ1n) is 42.5. The van der Waals surface area contributed by atoms with Gasteiger partial charge in [0.05, 0.1) is 0 Å². The number of nitrogens with two attached hydrogens (primary N) is 7. The Balaban J connectivity index is 0.000000191. The summed E-state index contributed by atoms with van der Waals surface area (Å²) in [7, 11) is 26.2. The number of nitrogens with one attached hydrogen (secondary N) is 10. The molecule has 49 heteroatoms. The van der Waals surface area contributed by atoms with Gasteiger partial charge >= 0.3 is 0 Å². The number of furan rings is 4. The van der Waals surface area contributed by atoms with Gasteiger partial charge in [0.1, 0.15) is 46.1 Å². The molecule has 0 aliphatic carbocycles. The zero-order valence-corrected chi connectivity index (χ0v) is 79.7. The Morgan fingerprint density at radius 3 is 0.812 bits per heavy atom. The monoisotopic (exact) mass is 1830 g/mol. The summed E-state index contributed by atoms with van der Waals surface area (Å²) in [4.78, 5) is 110. The predicted molar refractivity (Wildman–Crippen MR) is 526 cm³/mol. The third-order valence-corrected chi connectivity index (χ3v) is 18.6. The van der Waals surface area contributed by atoms with Crippen LogP contribution in [0.3, 0.4) is 0 Å². The number of nitrogens with zero attached hydrogens (tertiary/aromatic N) is 28. The molecule has 133 heavy (non-hydrogen) atoms. The summed E-state index contributed by atoms with van der Waals surface area (Å²) in [5.74, 6) is 16.0. The Hall–Kier alpha value is -16.2. The molecule has 0 aliphatic rings. The van der Waals surface area contributed by atoms with Crippen LogP contribution >= 0.6 is 0 Å². The summed E-state index contributed by atoms with van der Waals surface area (Å²) < 4.78 is 21.9. The van der Waals surface area contributed by atoms with E-state index in [2.05, 4.69) is 205 Å². The fourth-order valence-corrected chi connectivity index (χ4v) is 11.7. The summed E-state index contributed by atoms with van der Waals surface area (Å²) in [6, 6.07) is 28.1. The van der Waals surface area contributed by atoms with E-state index in [4.69, 9.17) is 57.8 Å². The molecule has 0 atom stereocenters. The minimum Gasteiger partial charge on any atom is -0.466 e. The molecule has 14 aromatic rings. The number of anilines is 21. The number of hydrogen-bond acceptors (Lipinski definition) is 46. The van der Waals surface area contributed by atoms with Gasteiger partial charge in [-0.1, -0.05) is 0 Å². The number of likely N-dealkylation sites (N-methyl/N-ethyl adjacent to an activating group) is 4. The first kappa shape index (κ1) is 102. The van der Waals surface area contributed by atoms with E-state index in [0.29, 0.717) is 103 Å². The Morgan fingerprint density at radius 1 is 0.241 bits per heavy atom. The molecule has 0 saturated heterocycles. The van der Waals surface area contributed by atoms with Gasteiger partial charge in [0, 0.05) is 224 Å².